The molecule has 0 unspecified atom stereocenters. The first-order valence-corrected chi connectivity index (χ1v) is 5.83. The Labute approximate surface area is 115 Å². The minimum Gasteiger partial charge on any atom is -0.332 e. The number of halogens is 1. The second kappa shape index (κ2) is 6.29. The second-order valence-electron chi connectivity index (χ2n) is 3.93. The van der Waals surface area contributed by atoms with Gasteiger partial charge in [0.05, 0.1) is 23.5 Å². The number of aromatic nitrogens is 1. The fourth-order valence-corrected chi connectivity index (χ4v) is 1.56. The van der Waals surface area contributed by atoms with Gasteiger partial charge in [0.15, 0.2) is 0 Å². The lowest BCUT2D eigenvalue weighted by Crippen LogP contribution is -2.28. The van der Waals surface area contributed by atoms with E-state index >= 15 is 0 Å². The first kappa shape index (κ1) is 13.5. The zero-order chi connectivity index (χ0) is 14.4. The molecule has 0 aliphatic rings. The van der Waals surface area contributed by atoms with Crippen molar-refractivity contribution in [1.82, 2.24) is 10.3 Å². The Kier molecular flexibility index (Phi) is 4.24. The molecular weight excluding hydrogens is 259 g/mol. The standard InChI is InChI=1S/C14H11FN4O/c15-11-4-5-13(10(7-11)8-16)19-14(20)18-9-12-3-1-2-6-17-12/h1-7H,9H2,(H2,18,19,20). The molecule has 2 N–H and O–H groups in total. The molecule has 20 heavy (non-hydrogen) atoms. The van der Waals surface area contributed by atoms with Gasteiger partial charge in [0, 0.05) is 6.20 Å². The highest BCUT2D eigenvalue weighted by atomic mass is 19.1. The van der Waals surface area contributed by atoms with E-state index in [1.54, 1.807) is 18.3 Å². The van der Waals surface area contributed by atoms with E-state index < -0.39 is 11.8 Å². The van der Waals surface area contributed by atoms with Crippen LogP contribution in [-0.2, 0) is 6.54 Å². The van der Waals surface area contributed by atoms with Crippen LogP contribution in [0.4, 0.5) is 14.9 Å². The molecule has 0 spiro atoms. The summed E-state index contributed by atoms with van der Waals surface area (Å²) < 4.78 is 13.0. The monoisotopic (exact) mass is 270 g/mol. The molecule has 0 radical (unpaired) electrons. The van der Waals surface area contributed by atoms with Crippen molar-refractivity contribution in [2.75, 3.05) is 5.32 Å². The third-order valence-electron chi connectivity index (χ3n) is 2.51. The number of hydrogen-bond acceptors (Lipinski definition) is 3. The maximum absolute atomic E-state index is 13.0. The summed E-state index contributed by atoms with van der Waals surface area (Å²) in [6, 6.07) is 10.3. The highest BCUT2D eigenvalue weighted by Crippen LogP contribution is 2.15. The molecule has 1 aromatic carbocycles. The summed E-state index contributed by atoms with van der Waals surface area (Å²) in [6.07, 6.45) is 1.63. The van der Waals surface area contributed by atoms with Gasteiger partial charge < -0.3 is 10.6 Å². The number of nitrogens with one attached hydrogen (secondary N) is 2. The minimum absolute atomic E-state index is 0.0676. The number of amides is 2. The van der Waals surface area contributed by atoms with Crippen molar-refractivity contribution >= 4 is 11.7 Å². The van der Waals surface area contributed by atoms with E-state index in [1.807, 2.05) is 12.1 Å². The van der Waals surface area contributed by atoms with Gasteiger partial charge in [-0.15, -0.1) is 0 Å². The summed E-state index contributed by atoms with van der Waals surface area (Å²) in [7, 11) is 0. The van der Waals surface area contributed by atoms with E-state index in [4.69, 9.17) is 5.26 Å². The van der Waals surface area contributed by atoms with Crippen LogP contribution in [0.3, 0.4) is 0 Å². The molecule has 0 saturated carbocycles. The molecule has 0 aliphatic carbocycles. The first-order chi connectivity index (χ1) is 9.69. The number of nitrogens with zero attached hydrogens (tertiary/aromatic N) is 2. The lowest BCUT2D eigenvalue weighted by Gasteiger charge is -2.08. The number of pyridine rings is 1. The number of carbonyl (C=O) groups excluding carboxylic acids is 1. The van der Waals surface area contributed by atoms with Gasteiger partial charge in [0.25, 0.3) is 0 Å². The Morgan fingerprint density at radius 2 is 2.20 bits per heavy atom. The SMILES string of the molecule is N#Cc1cc(F)ccc1NC(=O)NCc1ccccn1. The van der Waals surface area contributed by atoms with Crippen LogP contribution in [0.15, 0.2) is 42.6 Å². The fourth-order valence-electron chi connectivity index (χ4n) is 1.56. The summed E-state index contributed by atoms with van der Waals surface area (Å²) in [5.41, 5.74) is 1.03. The Morgan fingerprint density at radius 1 is 1.35 bits per heavy atom. The molecule has 0 aliphatic heterocycles. The number of nitriles is 1. The third kappa shape index (κ3) is 3.53. The maximum Gasteiger partial charge on any atom is 0.319 e. The Hall–Kier alpha value is -2.94. The minimum atomic E-state index is -0.527. The highest BCUT2D eigenvalue weighted by molar-refractivity contribution is 5.90. The van der Waals surface area contributed by atoms with E-state index in [2.05, 4.69) is 15.6 Å². The first-order valence-electron chi connectivity index (χ1n) is 5.83. The summed E-state index contributed by atoms with van der Waals surface area (Å²) in [4.78, 5) is 15.7. The van der Waals surface area contributed by atoms with E-state index in [9.17, 15) is 9.18 Å². The fraction of sp³-hybridized carbons (Fsp3) is 0.0714. The molecule has 1 heterocycles. The smallest absolute Gasteiger partial charge is 0.319 e. The van der Waals surface area contributed by atoms with Crippen LogP contribution in [0.2, 0.25) is 0 Å². The number of benzene rings is 1. The Balaban J connectivity index is 1.97. The molecular formula is C14H11FN4O. The zero-order valence-corrected chi connectivity index (χ0v) is 10.4. The maximum atomic E-state index is 13.0. The van der Waals surface area contributed by atoms with Gasteiger partial charge in [-0.05, 0) is 30.3 Å². The van der Waals surface area contributed by atoms with Gasteiger partial charge in [-0.1, -0.05) is 6.07 Å². The normalized spacial score (nSPS) is 9.60. The van der Waals surface area contributed by atoms with Gasteiger partial charge in [0.2, 0.25) is 0 Å². The molecule has 6 heteroatoms. The van der Waals surface area contributed by atoms with Gasteiger partial charge in [-0.3, -0.25) is 4.98 Å². The van der Waals surface area contributed by atoms with E-state index in [-0.39, 0.29) is 17.8 Å². The average molecular weight is 270 g/mol. The van der Waals surface area contributed by atoms with Crippen LogP contribution in [0.1, 0.15) is 11.3 Å². The topological polar surface area (TPSA) is 77.8 Å². The lowest BCUT2D eigenvalue weighted by molar-refractivity contribution is 0.251. The molecule has 1 aromatic heterocycles. The summed E-state index contributed by atoms with van der Waals surface area (Å²) >= 11 is 0. The number of hydrogen-bond donors (Lipinski definition) is 2. The van der Waals surface area contributed by atoms with Gasteiger partial charge >= 0.3 is 6.03 Å². The van der Waals surface area contributed by atoms with Crippen LogP contribution in [0, 0.1) is 17.1 Å². The second-order valence-corrected chi connectivity index (χ2v) is 3.93. The average Bonchev–Trinajstić information content (AvgIpc) is 2.48. The summed E-state index contributed by atoms with van der Waals surface area (Å²) in [5, 5.41) is 14.0. The largest absolute Gasteiger partial charge is 0.332 e. The molecule has 0 saturated heterocycles. The van der Waals surface area contributed by atoms with Crippen LogP contribution in [0.5, 0.6) is 0 Å². The van der Waals surface area contributed by atoms with E-state index in [0.29, 0.717) is 5.69 Å². The van der Waals surface area contributed by atoms with Crippen molar-refractivity contribution in [2.45, 2.75) is 6.54 Å². The van der Waals surface area contributed by atoms with Crippen molar-refractivity contribution in [3.8, 4) is 6.07 Å². The van der Waals surface area contributed by atoms with Crippen LogP contribution in [-0.4, -0.2) is 11.0 Å². The van der Waals surface area contributed by atoms with Crippen molar-refractivity contribution in [3.05, 3.63) is 59.7 Å². The predicted octanol–water partition coefficient (Wildman–Crippen LogP) is 2.41. The molecule has 0 atom stereocenters. The molecule has 2 amide bonds. The van der Waals surface area contributed by atoms with Crippen molar-refractivity contribution in [1.29, 1.82) is 5.26 Å². The molecule has 0 fully saturated rings. The zero-order valence-electron chi connectivity index (χ0n) is 10.4. The van der Waals surface area contributed by atoms with Crippen LogP contribution < -0.4 is 10.6 Å². The van der Waals surface area contributed by atoms with Crippen LogP contribution >= 0.6 is 0 Å². The molecule has 2 aromatic rings. The molecule has 100 valence electrons. The van der Waals surface area contributed by atoms with E-state index in [1.165, 1.54) is 12.1 Å². The summed E-state index contributed by atoms with van der Waals surface area (Å²) in [5.74, 6) is -0.527. The lowest BCUT2D eigenvalue weighted by atomic mass is 10.2. The molecule has 0 bridgehead atoms. The van der Waals surface area contributed by atoms with Gasteiger partial charge in [-0.2, -0.15) is 5.26 Å². The predicted molar refractivity (Wildman–Crippen MR) is 71.2 cm³/mol. The number of carbonyl (C=O) groups is 1. The highest BCUT2D eigenvalue weighted by Gasteiger charge is 2.07. The number of rotatable bonds is 3. The number of anilines is 1. The van der Waals surface area contributed by atoms with Crippen LogP contribution in [0.25, 0.3) is 0 Å². The van der Waals surface area contributed by atoms with Crippen molar-refractivity contribution in [2.24, 2.45) is 0 Å². The Morgan fingerprint density at radius 3 is 2.90 bits per heavy atom. The van der Waals surface area contributed by atoms with Gasteiger partial charge in [-0.25, -0.2) is 9.18 Å². The van der Waals surface area contributed by atoms with E-state index in [0.717, 1.165) is 6.07 Å². The quantitative estimate of drug-likeness (QED) is 0.899. The Bertz CT molecular complexity index is 652. The van der Waals surface area contributed by atoms with Crippen molar-refractivity contribution < 1.29 is 9.18 Å². The molecule has 2 rings (SSSR count). The van der Waals surface area contributed by atoms with Crippen molar-refractivity contribution in [3.63, 3.8) is 0 Å². The molecule has 5 nitrogen and oxygen atoms in total. The van der Waals surface area contributed by atoms with Gasteiger partial charge in [0.1, 0.15) is 11.9 Å². The third-order valence-corrected chi connectivity index (χ3v) is 2.51. The number of urea groups is 1. The summed E-state index contributed by atoms with van der Waals surface area (Å²) in [6.45, 7) is 0.260.